The molecule has 0 aliphatic carbocycles. The molecular formula is C12H17NO2. The van der Waals surface area contributed by atoms with Crippen LogP contribution in [0.3, 0.4) is 0 Å². The second kappa shape index (κ2) is 4.45. The van der Waals surface area contributed by atoms with Gasteiger partial charge in [0, 0.05) is 0 Å². The smallest absolute Gasteiger partial charge is 0.328 e. The van der Waals surface area contributed by atoms with E-state index in [1.807, 2.05) is 24.3 Å². The van der Waals surface area contributed by atoms with Crippen LogP contribution in [0.2, 0.25) is 0 Å². The van der Waals surface area contributed by atoms with Crippen molar-refractivity contribution in [3.05, 3.63) is 35.4 Å². The Hall–Kier alpha value is -1.35. The van der Waals surface area contributed by atoms with E-state index in [1.165, 1.54) is 5.56 Å². The highest BCUT2D eigenvalue weighted by Crippen LogP contribution is 2.21. The number of rotatable bonds is 4. The zero-order valence-electron chi connectivity index (χ0n) is 9.37. The molecule has 0 amide bonds. The van der Waals surface area contributed by atoms with E-state index in [2.05, 4.69) is 12.2 Å². The van der Waals surface area contributed by atoms with Crippen LogP contribution < -0.4 is 5.32 Å². The molecule has 1 atom stereocenters. The molecule has 1 rings (SSSR count). The molecule has 0 bridgehead atoms. The lowest BCUT2D eigenvalue weighted by Crippen LogP contribution is -2.44. The highest BCUT2D eigenvalue weighted by Gasteiger charge is 2.32. The van der Waals surface area contributed by atoms with E-state index in [0.717, 1.165) is 12.0 Å². The molecule has 0 fully saturated rings. The first-order valence-corrected chi connectivity index (χ1v) is 5.06. The average molecular weight is 207 g/mol. The van der Waals surface area contributed by atoms with Crippen LogP contribution in [0.4, 0.5) is 0 Å². The normalized spacial score (nSPS) is 14.6. The Kier molecular flexibility index (Phi) is 3.48. The van der Waals surface area contributed by atoms with Crippen molar-refractivity contribution in [1.82, 2.24) is 5.32 Å². The van der Waals surface area contributed by atoms with Gasteiger partial charge in [-0.3, -0.25) is 0 Å². The van der Waals surface area contributed by atoms with Crippen molar-refractivity contribution >= 4 is 5.97 Å². The van der Waals surface area contributed by atoms with E-state index in [-0.39, 0.29) is 0 Å². The maximum atomic E-state index is 11.1. The molecule has 3 nitrogen and oxygen atoms in total. The molecule has 15 heavy (non-hydrogen) atoms. The summed E-state index contributed by atoms with van der Waals surface area (Å²) >= 11 is 0. The largest absolute Gasteiger partial charge is 0.480 e. The Morgan fingerprint density at radius 1 is 1.40 bits per heavy atom. The molecular weight excluding hydrogens is 190 g/mol. The van der Waals surface area contributed by atoms with Crippen molar-refractivity contribution in [3.8, 4) is 0 Å². The number of benzene rings is 1. The fraction of sp³-hybridized carbons (Fsp3) is 0.417. The Bertz CT molecular complexity index is 345. The van der Waals surface area contributed by atoms with Crippen LogP contribution in [0.25, 0.3) is 0 Å². The summed E-state index contributed by atoms with van der Waals surface area (Å²) in [7, 11) is 1.65. The van der Waals surface area contributed by atoms with Crippen LogP contribution in [-0.2, 0) is 16.8 Å². The Morgan fingerprint density at radius 3 is 2.27 bits per heavy atom. The lowest BCUT2D eigenvalue weighted by atomic mass is 9.91. The molecule has 0 aromatic heterocycles. The zero-order valence-corrected chi connectivity index (χ0v) is 9.37. The monoisotopic (exact) mass is 207 g/mol. The molecule has 3 heteroatoms. The third-order valence-corrected chi connectivity index (χ3v) is 2.87. The summed E-state index contributed by atoms with van der Waals surface area (Å²) in [4.78, 5) is 11.1. The molecule has 0 unspecified atom stereocenters. The molecule has 82 valence electrons. The number of carboxylic acids is 1. The summed E-state index contributed by atoms with van der Waals surface area (Å²) in [5.41, 5.74) is 0.976. The molecule has 0 spiro atoms. The fourth-order valence-electron chi connectivity index (χ4n) is 1.45. The fourth-order valence-corrected chi connectivity index (χ4v) is 1.45. The van der Waals surface area contributed by atoms with Gasteiger partial charge in [0.25, 0.3) is 0 Å². The minimum atomic E-state index is -1.01. The quantitative estimate of drug-likeness (QED) is 0.791. The number of aryl methyl sites for hydroxylation is 1. The first kappa shape index (κ1) is 11.7. The van der Waals surface area contributed by atoms with Gasteiger partial charge >= 0.3 is 5.97 Å². The Balaban J connectivity index is 3.08. The van der Waals surface area contributed by atoms with Gasteiger partial charge in [-0.25, -0.2) is 4.79 Å². The number of hydrogen-bond acceptors (Lipinski definition) is 2. The van der Waals surface area contributed by atoms with Gasteiger partial charge in [-0.15, -0.1) is 0 Å². The van der Waals surface area contributed by atoms with Crippen LogP contribution in [0.15, 0.2) is 24.3 Å². The lowest BCUT2D eigenvalue weighted by Gasteiger charge is -2.24. The topological polar surface area (TPSA) is 49.3 Å². The van der Waals surface area contributed by atoms with Crippen molar-refractivity contribution in [3.63, 3.8) is 0 Å². The van der Waals surface area contributed by atoms with Gasteiger partial charge in [-0.1, -0.05) is 31.2 Å². The Labute approximate surface area is 90.1 Å². The number of carboxylic acid groups (broad SMARTS) is 1. The van der Waals surface area contributed by atoms with Crippen LogP contribution in [0, 0.1) is 0 Å². The summed E-state index contributed by atoms with van der Waals surface area (Å²) in [6, 6.07) is 7.66. The molecule has 0 heterocycles. The van der Waals surface area contributed by atoms with Crippen LogP contribution >= 0.6 is 0 Å². The molecule has 0 saturated carbocycles. The molecule has 0 aliphatic rings. The van der Waals surface area contributed by atoms with Gasteiger partial charge in [-0.05, 0) is 31.5 Å². The molecule has 0 aliphatic heterocycles. The molecule has 0 radical (unpaired) electrons. The minimum absolute atomic E-state index is 0.773. The van der Waals surface area contributed by atoms with Crippen molar-refractivity contribution < 1.29 is 9.90 Å². The number of carbonyl (C=O) groups is 1. The molecule has 2 N–H and O–H groups in total. The summed E-state index contributed by atoms with van der Waals surface area (Å²) in [6.07, 6.45) is 0.962. The van der Waals surface area contributed by atoms with E-state index in [4.69, 9.17) is 5.11 Å². The van der Waals surface area contributed by atoms with E-state index in [0.29, 0.717) is 0 Å². The van der Waals surface area contributed by atoms with Crippen molar-refractivity contribution in [1.29, 1.82) is 0 Å². The molecule has 1 aromatic rings. The van der Waals surface area contributed by atoms with E-state index >= 15 is 0 Å². The second-order valence-electron chi connectivity index (χ2n) is 3.73. The van der Waals surface area contributed by atoms with Gasteiger partial charge in [0.05, 0.1) is 0 Å². The number of likely N-dealkylation sites (N-methyl/N-ethyl adjacent to an activating group) is 1. The number of hydrogen-bond donors (Lipinski definition) is 2. The van der Waals surface area contributed by atoms with Gasteiger partial charge in [0.15, 0.2) is 0 Å². The summed E-state index contributed by atoms with van der Waals surface area (Å²) < 4.78 is 0. The maximum absolute atomic E-state index is 11.1. The molecule has 0 saturated heterocycles. The minimum Gasteiger partial charge on any atom is -0.480 e. The van der Waals surface area contributed by atoms with Gasteiger partial charge in [0.1, 0.15) is 5.54 Å². The Morgan fingerprint density at radius 2 is 1.93 bits per heavy atom. The summed E-state index contributed by atoms with van der Waals surface area (Å²) in [6.45, 7) is 3.74. The third kappa shape index (κ3) is 2.18. The summed E-state index contributed by atoms with van der Waals surface area (Å²) in [5, 5.41) is 12.0. The first-order chi connectivity index (χ1) is 7.04. The van der Waals surface area contributed by atoms with E-state index in [1.54, 1.807) is 14.0 Å². The van der Waals surface area contributed by atoms with E-state index < -0.39 is 11.5 Å². The van der Waals surface area contributed by atoms with Crippen LogP contribution in [0.5, 0.6) is 0 Å². The second-order valence-corrected chi connectivity index (χ2v) is 3.73. The van der Waals surface area contributed by atoms with Crippen LogP contribution in [0.1, 0.15) is 25.0 Å². The highest BCUT2D eigenvalue weighted by atomic mass is 16.4. The SMILES string of the molecule is CCc1ccc([C@@](C)(NC)C(=O)O)cc1. The van der Waals surface area contributed by atoms with Crippen molar-refractivity contribution in [2.75, 3.05) is 7.05 Å². The van der Waals surface area contributed by atoms with Gasteiger partial charge in [0.2, 0.25) is 0 Å². The highest BCUT2D eigenvalue weighted by molar-refractivity contribution is 5.80. The van der Waals surface area contributed by atoms with Crippen molar-refractivity contribution in [2.24, 2.45) is 0 Å². The van der Waals surface area contributed by atoms with Gasteiger partial charge in [-0.2, -0.15) is 0 Å². The predicted molar refractivity (Wildman–Crippen MR) is 59.9 cm³/mol. The first-order valence-electron chi connectivity index (χ1n) is 5.06. The lowest BCUT2D eigenvalue weighted by molar-refractivity contribution is -0.144. The third-order valence-electron chi connectivity index (χ3n) is 2.87. The number of nitrogens with one attached hydrogen (secondary N) is 1. The average Bonchev–Trinajstić information content (AvgIpc) is 2.28. The number of aliphatic carboxylic acids is 1. The van der Waals surface area contributed by atoms with Crippen molar-refractivity contribution in [2.45, 2.75) is 25.8 Å². The van der Waals surface area contributed by atoms with E-state index in [9.17, 15) is 4.79 Å². The van der Waals surface area contributed by atoms with Gasteiger partial charge < -0.3 is 10.4 Å². The standard InChI is InChI=1S/C12H17NO2/c1-4-9-5-7-10(8-6-9)12(2,13-3)11(14)15/h5-8,13H,4H2,1-3H3,(H,14,15)/t12-/m1/s1. The van der Waals surface area contributed by atoms with Crippen LogP contribution in [-0.4, -0.2) is 18.1 Å². The maximum Gasteiger partial charge on any atom is 0.328 e. The zero-order chi connectivity index (χ0) is 11.5. The predicted octanol–water partition coefficient (Wildman–Crippen LogP) is 1.77. The molecule has 1 aromatic carbocycles. The summed E-state index contributed by atoms with van der Waals surface area (Å²) in [5.74, 6) is -0.866.